The van der Waals surface area contributed by atoms with Gasteiger partial charge in [0.05, 0.1) is 31.3 Å². The van der Waals surface area contributed by atoms with Gasteiger partial charge in [-0.25, -0.2) is 22.3 Å². The summed E-state index contributed by atoms with van der Waals surface area (Å²) in [4.78, 5) is 14.7. The van der Waals surface area contributed by atoms with E-state index in [0.29, 0.717) is 74.7 Å². The first-order chi connectivity index (χ1) is 21.3. The number of hydrogen-bond acceptors (Lipinski definition) is 9. The van der Waals surface area contributed by atoms with Crippen molar-refractivity contribution in [3.8, 4) is 5.75 Å². The molecule has 0 radical (unpaired) electrons. The Morgan fingerprint density at radius 1 is 1.11 bits per heavy atom. The molecule has 0 spiro atoms. The normalized spacial score (nSPS) is 20.6. The summed E-state index contributed by atoms with van der Waals surface area (Å²) in [5, 5.41) is 14.3. The highest BCUT2D eigenvalue weighted by Crippen LogP contribution is 2.41. The molecule has 2 aromatic rings. The number of rotatable bonds is 13. The molecule has 1 unspecified atom stereocenters. The van der Waals surface area contributed by atoms with Crippen LogP contribution in [0.4, 0.5) is 9.18 Å². The van der Waals surface area contributed by atoms with Crippen molar-refractivity contribution in [1.82, 2.24) is 14.9 Å². The molecule has 0 aromatic heterocycles. The van der Waals surface area contributed by atoms with Crippen LogP contribution in [-0.2, 0) is 37.1 Å². The molecule has 5 N–H and O–H groups in total. The topological polar surface area (TPSA) is 152 Å². The van der Waals surface area contributed by atoms with Crippen molar-refractivity contribution >= 4 is 27.7 Å². The number of likely N-dealkylation sites (tertiary alicyclic amines) is 1. The predicted octanol–water partition coefficient (Wildman–Crippen LogP) is 3.65. The van der Waals surface area contributed by atoms with Crippen LogP contribution in [-0.4, -0.2) is 88.3 Å². The van der Waals surface area contributed by atoms with Gasteiger partial charge in [0.1, 0.15) is 17.2 Å². The van der Waals surface area contributed by atoms with Crippen LogP contribution in [0, 0.1) is 5.82 Å². The first kappa shape index (κ1) is 35.3. The van der Waals surface area contributed by atoms with Gasteiger partial charge in [0.15, 0.2) is 0 Å². The van der Waals surface area contributed by atoms with Crippen LogP contribution in [0.1, 0.15) is 56.3 Å². The highest BCUT2D eigenvalue weighted by atomic mass is 35.5. The summed E-state index contributed by atoms with van der Waals surface area (Å²) in [6.07, 6.45) is 1.45. The number of aromatic hydroxyl groups is 1. The van der Waals surface area contributed by atoms with Crippen LogP contribution >= 0.6 is 11.6 Å². The number of phenolic OH excluding ortho intramolecular Hbond substituents is 1. The zero-order valence-corrected chi connectivity index (χ0v) is 27.6. The fourth-order valence-electron chi connectivity index (χ4n) is 5.89. The number of hydrogen-bond donors (Lipinski definition) is 4. The summed E-state index contributed by atoms with van der Waals surface area (Å²) in [5.41, 5.74) is 6.54. The summed E-state index contributed by atoms with van der Waals surface area (Å²) in [6, 6.07) is 6.44. The highest BCUT2D eigenvalue weighted by Gasteiger charge is 2.39. The second-order valence-electron chi connectivity index (χ2n) is 12.4. The van der Waals surface area contributed by atoms with E-state index in [1.54, 1.807) is 26.8 Å². The third-order valence-corrected chi connectivity index (χ3v) is 9.48. The summed E-state index contributed by atoms with van der Waals surface area (Å²) < 4.78 is 59.9. The maximum atomic E-state index is 14.9. The number of sulfonamides is 1. The average molecular weight is 671 g/mol. The van der Waals surface area contributed by atoms with Crippen LogP contribution in [0.25, 0.3) is 0 Å². The van der Waals surface area contributed by atoms with E-state index in [2.05, 4.69) is 14.9 Å². The van der Waals surface area contributed by atoms with Gasteiger partial charge in [-0.3, -0.25) is 4.90 Å². The molecule has 0 saturated carbocycles. The number of fused-ring (bicyclic) bond motifs is 1. The molecule has 250 valence electrons. The number of ether oxygens (including phenoxy) is 3. The van der Waals surface area contributed by atoms with E-state index in [0.717, 1.165) is 5.56 Å². The number of phenols is 1. The number of alkyl carbamates (subject to hydrolysis) is 1. The molecule has 1 aliphatic carbocycles. The molecule has 45 heavy (non-hydrogen) atoms. The minimum Gasteiger partial charge on any atom is -0.508 e. The Kier molecular flexibility index (Phi) is 12.1. The van der Waals surface area contributed by atoms with E-state index >= 15 is 0 Å². The Labute approximate surface area is 269 Å². The lowest BCUT2D eigenvalue weighted by atomic mass is 9.90. The van der Waals surface area contributed by atoms with Crippen molar-refractivity contribution < 1.29 is 36.9 Å². The molecule has 1 saturated heterocycles. The Morgan fingerprint density at radius 3 is 2.56 bits per heavy atom. The lowest BCUT2D eigenvalue weighted by Gasteiger charge is -2.43. The number of benzene rings is 2. The fourth-order valence-corrected chi connectivity index (χ4v) is 7.17. The lowest BCUT2D eigenvalue weighted by molar-refractivity contribution is 0.0383. The van der Waals surface area contributed by atoms with Crippen LogP contribution in [0.5, 0.6) is 5.75 Å². The summed E-state index contributed by atoms with van der Waals surface area (Å²) in [7, 11) is -3.92. The van der Waals surface area contributed by atoms with Crippen molar-refractivity contribution in [2.45, 2.75) is 75.1 Å². The van der Waals surface area contributed by atoms with Crippen molar-refractivity contribution in [3.05, 3.63) is 57.9 Å². The monoisotopic (exact) mass is 670 g/mol. The molecule has 3 atom stereocenters. The molecule has 0 bridgehead atoms. The van der Waals surface area contributed by atoms with Crippen LogP contribution in [0.2, 0.25) is 5.02 Å². The summed E-state index contributed by atoms with van der Waals surface area (Å²) >= 11 is 6.15. The van der Waals surface area contributed by atoms with E-state index in [9.17, 15) is 22.7 Å². The largest absolute Gasteiger partial charge is 0.508 e. The Hall–Kier alpha value is -2.52. The molecule has 2 aliphatic rings. The van der Waals surface area contributed by atoms with Gasteiger partial charge in [-0.15, -0.1) is 0 Å². The van der Waals surface area contributed by atoms with Gasteiger partial charge in [0.2, 0.25) is 10.0 Å². The molecule has 11 nitrogen and oxygen atoms in total. The molecule has 1 heterocycles. The SMILES string of the molecule is CC(C)(C)OC(=O)N[C@@H]1CCC(c2cc(S(=O)(=O)NCCOCCOCCN)ccc2O)N([C@@H]2Cc3cc(Cl)cc(F)c3C2)C1. The Balaban J connectivity index is 1.52. The number of amides is 1. The molecule has 14 heteroatoms. The first-order valence-corrected chi connectivity index (χ1v) is 17.0. The lowest BCUT2D eigenvalue weighted by Crippen LogP contribution is -2.53. The van der Waals surface area contributed by atoms with Gasteiger partial charge >= 0.3 is 6.09 Å². The highest BCUT2D eigenvalue weighted by molar-refractivity contribution is 7.89. The zero-order chi connectivity index (χ0) is 32.8. The van der Waals surface area contributed by atoms with Gasteiger partial charge in [-0.2, -0.15) is 0 Å². The van der Waals surface area contributed by atoms with Gasteiger partial charge < -0.3 is 30.4 Å². The van der Waals surface area contributed by atoms with Crippen LogP contribution in [0.15, 0.2) is 35.2 Å². The zero-order valence-electron chi connectivity index (χ0n) is 26.0. The molecular weight excluding hydrogens is 627 g/mol. The van der Waals surface area contributed by atoms with Gasteiger partial charge in [0, 0.05) is 48.3 Å². The molecule has 2 aromatic carbocycles. The van der Waals surface area contributed by atoms with Crippen molar-refractivity contribution in [3.63, 3.8) is 0 Å². The minimum atomic E-state index is -3.92. The summed E-state index contributed by atoms with van der Waals surface area (Å²) in [5.74, 6) is -0.417. The number of halogens is 2. The number of nitrogens with two attached hydrogens (primary N) is 1. The van der Waals surface area contributed by atoms with Gasteiger partial charge in [0.25, 0.3) is 0 Å². The van der Waals surface area contributed by atoms with Gasteiger partial charge in [-0.1, -0.05) is 11.6 Å². The second kappa shape index (κ2) is 15.4. The molecule has 4 rings (SSSR count). The Morgan fingerprint density at radius 2 is 1.84 bits per heavy atom. The van der Waals surface area contributed by atoms with Gasteiger partial charge in [-0.05, 0) is 87.9 Å². The standard InChI is InChI=1S/C31H44ClFN4O7S/c1-31(2,3)44-30(39)36-22-4-6-28(37(19-22)23-15-20-14-21(32)16-27(33)25(20)17-23)26-18-24(5-7-29(26)38)45(40,41)35-9-11-43-13-12-42-10-8-34/h5,7,14,16,18,22-23,28,35,38H,4,6,8-13,15,17,19,34H2,1-3H3,(H,36,39)/t22-,23-,28?/m1/s1. The van der Waals surface area contributed by atoms with E-state index in [1.165, 1.54) is 24.3 Å². The number of carbonyl (C=O) groups excluding carboxylic acids is 1. The summed E-state index contributed by atoms with van der Waals surface area (Å²) in [6.45, 7) is 7.48. The van der Waals surface area contributed by atoms with E-state index in [4.69, 9.17) is 31.5 Å². The fraction of sp³-hybridized carbons (Fsp3) is 0.581. The van der Waals surface area contributed by atoms with Crippen LogP contribution < -0.4 is 15.8 Å². The second-order valence-corrected chi connectivity index (χ2v) is 14.6. The first-order valence-electron chi connectivity index (χ1n) is 15.2. The smallest absolute Gasteiger partial charge is 0.407 e. The number of nitrogens with zero attached hydrogens (tertiary/aromatic N) is 1. The van der Waals surface area contributed by atoms with Crippen LogP contribution in [0.3, 0.4) is 0 Å². The number of piperidine rings is 1. The third-order valence-electron chi connectivity index (χ3n) is 7.80. The predicted molar refractivity (Wildman–Crippen MR) is 168 cm³/mol. The maximum Gasteiger partial charge on any atom is 0.407 e. The number of carbonyl (C=O) groups is 1. The average Bonchev–Trinajstić information content (AvgIpc) is 3.38. The molecule has 1 amide bonds. The van der Waals surface area contributed by atoms with E-state index in [1.807, 2.05) is 0 Å². The van der Waals surface area contributed by atoms with Crippen molar-refractivity contribution in [2.75, 3.05) is 46.1 Å². The van der Waals surface area contributed by atoms with E-state index < -0.39 is 27.8 Å². The Bertz CT molecular complexity index is 1440. The molecule has 1 fully saturated rings. The molecule has 1 aliphatic heterocycles. The van der Waals surface area contributed by atoms with Crippen molar-refractivity contribution in [2.24, 2.45) is 5.73 Å². The van der Waals surface area contributed by atoms with E-state index in [-0.39, 0.29) is 41.7 Å². The third kappa shape index (κ3) is 9.74. The maximum absolute atomic E-state index is 14.9. The minimum absolute atomic E-state index is 0.00284. The quantitative estimate of drug-likeness (QED) is 0.234. The van der Waals surface area contributed by atoms with Crippen molar-refractivity contribution in [1.29, 1.82) is 0 Å². The number of nitrogens with one attached hydrogen (secondary N) is 2. The molecular formula is C31H44ClFN4O7S.